The molecule has 5 N–H and O–H groups in total. The molecule has 17 heavy (non-hydrogen) atoms. The molecule has 0 unspecified atom stereocenters. The second-order valence-corrected chi connectivity index (χ2v) is 3.49. The van der Waals surface area contributed by atoms with Crippen LogP contribution in [0.4, 0.5) is 16.2 Å². The summed E-state index contributed by atoms with van der Waals surface area (Å²) in [6.45, 7) is 0.0764. The van der Waals surface area contributed by atoms with Crippen molar-refractivity contribution < 1.29 is 15.0 Å². The Morgan fingerprint density at radius 1 is 1.18 bits per heavy atom. The topological polar surface area (TPSA) is 98.8 Å². The van der Waals surface area contributed by atoms with Crippen molar-refractivity contribution in [3.8, 4) is 0 Å². The quantitative estimate of drug-likeness (QED) is 0.547. The number of amides is 2. The highest BCUT2D eigenvalue weighted by Gasteiger charge is 2.11. The summed E-state index contributed by atoms with van der Waals surface area (Å²) in [5, 5.41) is 20.2. The minimum Gasteiger partial charge on any atom is -0.399 e. The monoisotopic (exact) mass is 239 g/mol. The smallest absolute Gasteiger partial charge is 0.321 e. The van der Waals surface area contributed by atoms with Gasteiger partial charge in [-0.1, -0.05) is 0 Å². The summed E-state index contributed by atoms with van der Waals surface area (Å²) in [7, 11) is 0. The fraction of sp³-hybridized carbons (Fsp3) is 0.364. The number of nitrogen functional groups attached to an aromatic ring is 1. The van der Waals surface area contributed by atoms with E-state index in [4.69, 9.17) is 15.9 Å². The largest absolute Gasteiger partial charge is 0.399 e. The number of carbonyl (C=O) groups excluding carboxylic acids is 1. The average Bonchev–Trinajstić information content (AvgIpc) is 2.32. The van der Waals surface area contributed by atoms with Crippen LogP contribution in [-0.4, -0.2) is 47.4 Å². The maximum absolute atomic E-state index is 11.7. The van der Waals surface area contributed by atoms with Crippen molar-refractivity contribution in [2.24, 2.45) is 0 Å². The van der Waals surface area contributed by atoms with E-state index in [-0.39, 0.29) is 32.3 Å². The Morgan fingerprint density at radius 2 is 1.71 bits per heavy atom. The molecule has 0 fully saturated rings. The summed E-state index contributed by atoms with van der Waals surface area (Å²) >= 11 is 0. The number of nitrogens with two attached hydrogens (primary N) is 1. The van der Waals surface area contributed by atoms with E-state index < -0.39 is 0 Å². The van der Waals surface area contributed by atoms with Crippen LogP contribution in [0.1, 0.15) is 0 Å². The third-order valence-electron chi connectivity index (χ3n) is 2.19. The molecule has 0 radical (unpaired) electrons. The van der Waals surface area contributed by atoms with E-state index in [9.17, 15) is 4.79 Å². The van der Waals surface area contributed by atoms with Crippen molar-refractivity contribution in [2.45, 2.75) is 0 Å². The van der Waals surface area contributed by atoms with Gasteiger partial charge in [0.15, 0.2) is 0 Å². The van der Waals surface area contributed by atoms with E-state index >= 15 is 0 Å². The normalized spacial score (nSPS) is 10.0. The van der Waals surface area contributed by atoms with Gasteiger partial charge in [0.2, 0.25) is 0 Å². The van der Waals surface area contributed by atoms with Gasteiger partial charge >= 0.3 is 6.03 Å². The highest BCUT2D eigenvalue weighted by Crippen LogP contribution is 2.11. The molecule has 6 nitrogen and oxygen atoms in total. The molecule has 1 aromatic rings. The maximum Gasteiger partial charge on any atom is 0.321 e. The molecule has 0 atom stereocenters. The molecule has 1 rings (SSSR count). The Morgan fingerprint density at radius 3 is 2.18 bits per heavy atom. The van der Waals surface area contributed by atoms with Crippen molar-refractivity contribution in [3.63, 3.8) is 0 Å². The molecule has 6 heteroatoms. The van der Waals surface area contributed by atoms with Crippen molar-refractivity contribution in [1.82, 2.24) is 4.90 Å². The fourth-order valence-corrected chi connectivity index (χ4v) is 1.33. The number of urea groups is 1. The van der Waals surface area contributed by atoms with Gasteiger partial charge in [0.1, 0.15) is 0 Å². The number of benzene rings is 1. The average molecular weight is 239 g/mol. The molecule has 0 aromatic heterocycles. The van der Waals surface area contributed by atoms with Crippen LogP contribution < -0.4 is 11.1 Å². The zero-order valence-electron chi connectivity index (χ0n) is 9.47. The minimum atomic E-state index is -0.363. The molecule has 0 aliphatic carbocycles. The molecule has 94 valence electrons. The molecule has 1 aromatic carbocycles. The second-order valence-electron chi connectivity index (χ2n) is 3.49. The lowest BCUT2D eigenvalue weighted by molar-refractivity contribution is 0.167. The van der Waals surface area contributed by atoms with Gasteiger partial charge in [-0.2, -0.15) is 0 Å². The van der Waals surface area contributed by atoms with Crippen LogP contribution in [0.2, 0.25) is 0 Å². The number of anilines is 2. The van der Waals surface area contributed by atoms with Gasteiger partial charge in [-0.25, -0.2) is 4.79 Å². The molecule has 0 aliphatic rings. The van der Waals surface area contributed by atoms with Crippen LogP contribution in [0.5, 0.6) is 0 Å². The van der Waals surface area contributed by atoms with Gasteiger partial charge in [0.25, 0.3) is 0 Å². The Kier molecular flexibility index (Phi) is 5.25. The Balaban J connectivity index is 2.59. The summed E-state index contributed by atoms with van der Waals surface area (Å²) < 4.78 is 0. The fourth-order valence-electron chi connectivity index (χ4n) is 1.33. The molecule has 2 amide bonds. The first-order valence-corrected chi connectivity index (χ1v) is 5.30. The van der Waals surface area contributed by atoms with Crippen LogP contribution >= 0.6 is 0 Å². The Hall–Kier alpha value is -1.79. The number of nitrogens with one attached hydrogen (secondary N) is 1. The van der Waals surface area contributed by atoms with E-state index in [0.29, 0.717) is 11.4 Å². The zero-order valence-corrected chi connectivity index (χ0v) is 9.47. The van der Waals surface area contributed by atoms with Crippen molar-refractivity contribution >= 4 is 17.4 Å². The third kappa shape index (κ3) is 4.29. The van der Waals surface area contributed by atoms with Gasteiger partial charge in [0.05, 0.1) is 13.2 Å². The lowest BCUT2D eigenvalue weighted by Crippen LogP contribution is -2.38. The Bertz CT molecular complexity index is 347. The standard InChI is InChI=1S/C11H17N3O3/c12-9-1-3-10(4-2-9)13-11(17)14(5-7-15)6-8-16/h1-4,15-16H,5-8,12H2,(H,13,17). The number of rotatable bonds is 5. The van der Waals surface area contributed by atoms with Crippen molar-refractivity contribution in [1.29, 1.82) is 0 Å². The molecule has 0 heterocycles. The van der Waals surface area contributed by atoms with E-state index in [2.05, 4.69) is 5.32 Å². The van der Waals surface area contributed by atoms with E-state index in [1.54, 1.807) is 24.3 Å². The van der Waals surface area contributed by atoms with Gasteiger partial charge in [-0.15, -0.1) is 0 Å². The first kappa shape index (κ1) is 13.3. The number of nitrogens with zero attached hydrogens (tertiary/aromatic N) is 1. The number of aliphatic hydroxyl groups excluding tert-OH is 2. The van der Waals surface area contributed by atoms with E-state index in [0.717, 1.165) is 0 Å². The minimum absolute atomic E-state index is 0.144. The molecule has 0 bridgehead atoms. The first-order valence-electron chi connectivity index (χ1n) is 5.30. The van der Waals surface area contributed by atoms with Gasteiger partial charge in [-0.05, 0) is 24.3 Å². The summed E-state index contributed by atoms with van der Waals surface area (Å²) in [6.07, 6.45) is 0. The SMILES string of the molecule is Nc1ccc(NC(=O)N(CCO)CCO)cc1. The van der Waals surface area contributed by atoms with Crippen LogP contribution in [-0.2, 0) is 0 Å². The molecule has 0 saturated carbocycles. The molecular formula is C11H17N3O3. The number of hydrogen-bond donors (Lipinski definition) is 4. The van der Waals surface area contributed by atoms with Gasteiger partial charge < -0.3 is 26.2 Å². The molecule has 0 aliphatic heterocycles. The van der Waals surface area contributed by atoms with Crippen LogP contribution in [0.25, 0.3) is 0 Å². The maximum atomic E-state index is 11.7. The zero-order chi connectivity index (χ0) is 12.7. The first-order chi connectivity index (χ1) is 8.17. The summed E-state index contributed by atoms with van der Waals surface area (Å²) in [6, 6.07) is 6.36. The number of carbonyl (C=O) groups is 1. The molecular weight excluding hydrogens is 222 g/mol. The van der Waals surface area contributed by atoms with Crippen LogP contribution in [0.3, 0.4) is 0 Å². The lowest BCUT2D eigenvalue weighted by atomic mass is 10.3. The van der Waals surface area contributed by atoms with Crippen LogP contribution in [0, 0.1) is 0 Å². The highest BCUT2D eigenvalue weighted by molar-refractivity contribution is 5.89. The number of aliphatic hydroxyl groups is 2. The number of hydrogen-bond acceptors (Lipinski definition) is 4. The van der Waals surface area contributed by atoms with E-state index in [1.807, 2.05) is 0 Å². The molecule has 0 spiro atoms. The highest BCUT2D eigenvalue weighted by atomic mass is 16.3. The summed E-state index contributed by atoms with van der Waals surface area (Å²) in [5.41, 5.74) is 6.76. The third-order valence-corrected chi connectivity index (χ3v) is 2.19. The van der Waals surface area contributed by atoms with Gasteiger partial charge in [0, 0.05) is 24.5 Å². The summed E-state index contributed by atoms with van der Waals surface area (Å²) in [5.74, 6) is 0. The predicted molar refractivity (Wildman–Crippen MR) is 65.6 cm³/mol. The van der Waals surface area contributed by atoms with Crippen molar-refractivity contribution in [3.05, 3.63) is 24.3 Å². The van der Waals surface area contributed by atoms with Crippen molar-refractivity contribution in [2.75, 3.05) is 37.4 Å². The molecule has 0 saturated heterocycles. The van der Waals surface area contributed by atoms with Gasteiger partial charge in [-0.3, -0.25) is 0 Å². The van der Waals surface area contributed by atoms with E-state index in [1.165, 1.54) is 4.90 Å². The Labute approximate surface area is 99.7 Å². The lowest BCUT2D eigenvalue weighted by Gasteiger charge is -2.21. The predicted octanol–water partition coefficient (Wildman–Crippen LogP) is 0.0873. The summed E-state index contributed by atoms with van der Waals surface area (Å²) in [4.78, 5) is 13.1. The van der Waals surface area contributed by atoms with Crippen LogP contribution in [0.15, 0.2) is 24.3 Å². The second kappa shape index (κ2) is 6.72.